The first-order chi connectivity index (χ1) is 14.1. The van der Waals surface area contributed by atoms with Gasteiger partial charge in [0.2, 0.25) is 0 Å². The minimum Gasteiger partial charge on any atom is -0.383 e. The number of nitrogens with one attached hydrogen (secondary N) is 1. The Morgan fingerprint density at radius 3 is 2.67 bits per heavy atom. The average Bonchev–Trinajstić information content (AvgIpc) is 3.27. The van der Waals surface area contributed by atoms with E-state index >= 15 is 0 Å². The van der Waals surface area contributed by atoms with Crippen molar-refractivity contribution >= 4 is 18.2 Å². The maximum atomic E-state index is 5.17. The monoisotopic (exact) mass is 434 g/mol. The average molecular weight is 435 g/mol. The highest BCUT2D eigenvalue weighted by Crippen LogP contribution is 2.56. The molecule has 0 aromatic carbocycles. The van der Waals surface area contributed by atoms with Crippen LogP contribution >= 0.6 is 12.4 Å². The minimum absolute atomic E-state index is 0. The number of anilines is 1. The van der Waals surface area contributed by atoms with E-state index in [1.165, 1.54) is 24.8 Å². The highest BCUT2D eigenvalue weighted by atomic mass is 35.5. The van der Waals surface area contributed by atoms with Crippen molar-refractivity contribution in [3.8, 4) is 0 Å². The number of aromatic nitrogens is 3. The maximum absolute atomic E-state index is 5.17. The van der Waals surface area contributed by atoms with Crippen LogP contribution in [0.25, 0.3) is 0 Å². The van der Waals surface area contributed by atoms with Gasteiger partial charge in [0.1, 0.15) is 11.6 Å². The normalized spacial score (nSPS) is 19.7. The number of likely N-dealkylation sites (N-methyl/N-ethyl adjacent to an activating group) is 1. The summed E-state index contributed by atoms with van der Waals surface area (Å²) < 4.78 is 7.30. The van der Waals surface area contributed by atoms with Crippen molar-refractivity contribution in [2.75, 3.05) is 45.3 Å². The summed E-state index contributed by atoms with van der Waals surface area (Å²) in [5.41, 5.74) is 1.77. The second-order valence-electron chi connectivity index (χ2n) is 8.63. The van der Waals surface area contributed by atoms with Crippen molar-refractivity contribution < 1.29 is 4.74 Å². The van der Waals surface area contributed by atoms with Crippen LogP contribution in [0.15, 0.2) is 30.7 Å². The number of piperidine rings is 1. The summed E-state index contributed by atoms with van der Waals surface area (Å²) in [4.78, 5) is 14.0. The third-order valence-corrected chi connectivity index (χ3v) is 6.67. The zero-order valence-electron chi connectivity index (χ0n) is 18.4. The number of imidazole rings is 1. The van der Waals surface area contributed by atoms with E-state index in [0.29, 0.717) is 18.1 Å². The van der Waals surface area contributed by atoms with E-state index in [1.54, 1.807) is 7.11 Å². The van der Waals surface area contributed by atoms with Gasteiger partial charge in [0.15, 0.2) is 0 Å². The molecule has 4 rings (SSSR count). The van der Waals surface area contributed by atoms with Crippen LogP contribution in [0.1, 0.15) is 30.7 Å². The third-order valence-electron chi connectivity index (χ3n) is 6.67. The quantitative estimate of drug-likeness (QED) is 0.654. The Morgan fingerprint density at radius 1 is 1.23 bits per heavy atom. The smallest absolute Gasteiger partial charge is 0.128 e. The summed E-state index contributed by atoms with van der Waals surface area (Å²) in [7, 11) is 5.87. The molecule has 7 nitrogen and oxygen atoms in total. The molecule has 30 heavy (non-hydrogen) atoms. The van der Waals surface area contributed by atoms with Crippen LogP contribution in [-0.4, -0.2) is 65.9 Å². The lowest BCUT2D eigenvalue weighted by Crippen LogP contribution is -2.36. The van der Waals surface area contributed by atoms with Crippen molar-refractivity contribution in [2.24, 2.45) is 12.5 Å². The Labute approximate surface area is 186 Å². The van der Waals surface area contributed by atoms with Gasteiger partial charge in [-0.05, 0) is 49.4 Å². The van der Waals surface area contributed by atoms with Crippen LogP contribution < -0.4 is 10.2 Å². The van der Waals surface area contributed by atoms with Crippen LogP contribution in [-0.2, 0) is 24.9 Å². The summed E-state index contributed by atoms with van der Waals surface area (Å²) in [5, 5.41) is 3.52. The van der Waals surface area contributed by atoms with Crippen LogP contribution in [0.5, 0.6) is 0 Å². The van der Waals surface area contributed by atoms with Gasteiger partial charge in [-0.15, -0.1) is 12.4 Å². The number of halogens is 1. The molecule has 3 heterocycles. The molecule has 0 radical (unpaired) electrons. The van der Waals surface area contributed by atoms with Gasteiger partial charge in [-0.2, -0.15) is 0 Å². The summed E-state index contributed by atoms with van der Waals surface area (Å²) >= 11 is 0. The molecule has 1 spiro atoms. The molecule has 0 bridgehead atoms. The first-order valence-corrected chi connectivity index (χ1v) is 10.7. The summed E-state index contributed by atoms with van der Waals surface area (Å²) in [6, 6.07) is 4.98. The Balaban J connectivity index is 0.00000256. The second kappa shape index (κ2) is 10.1. The Bertz CT molecular complexity index is 789. The number of hydrogen-bond donors (Lipinski definition) is 1. The number of rotatable bonds is 9. The molecule has 2 fully saturated rings. The molecular weight excluding hydrogens is 400 g/mol. The molecule has 1 unspecified atom stereocenters. The molecule has 1 aliphatic carbocycles. The molecule has 0 amide bonds. The van der Waals surface area contributed by atoms with E-state index < -0.39 is 0 Å². The van der Waals surface area contributed by atoms with Gasteiger partial charge >= 0.3 is 0 Å². The lowest BCUT2D eigenvalue weighted by molar-refractivity contribution is 0.182. The molecule has 2 aromatic heterocycles. The first kappa shape index (κ1) is 23.0. The number of pyridine rings is 1. The predicted molar refractivity (Wildman–Crippen MR) is 122 cm³/mol. The van der Waals surface area contributed by atoms with Gasteiger partial charge < -0.3 is 19.5 Å². The molecule has 1 saturated carbocycles. The largest absolute Gasteiger partial charge is 0.383 e. The molecule has 1 atom stereocenters. The fourth-order valence-corrected chi connectivity index (χ4v) is 4.62. The standard InChI is InChI=1S/C22H34N6O.ClH/c1-26-11-10-24-21(26)17-28(19-14-22(19)6-8-23-9-7-22)16-18-4-5-20(25-15-18)27(2)12-13-29-3;/h4-5,10-11,15,19,23H,6-9,12-14,16-17H2,1-3H3;1H. The Morgan fingerprint density at radius 2 is 2.03 bits per heavy atom. The van der Waals surface area contributed by atoms with Crippen LogP contribution in [0.2, 0.25) is 0 Å². The lowest BCUT2D eigenvalue weighted by atomic mass is 9.93. The minimum atomic E-state index is 0. The van der Waals surface area contributed by atoms with Crippen molar-refractivity contribution in [3.63, 3.8) is 0 Å². The molecule has 1 N–H and O–H groups in total. The second-order valence-corrected chi connectivity index (χ2v) is 8.63. The molecule has 8 heteroatoms. The molecular formula is C22H35ClN6O. The van der Waals surface area contributed by atoms with Gasteiger partial charge in [-0.3, -0.25) is 4.90 Å². The highest BCUT2D eigenvalue weighted by molar-refractivity contribution is 5.85. The van der Waals surface area contributed by atoms with Gasteiger partial charge in [-0.1, -0.05) is 6.07 Å². The van der Waals surface area contributed by atoms with Crippen LogP contribution in [0, 0.1) is 5.41 Å². The SMILES string of the molecule is COCCN(C)c1ccc(CN(Cc2nccn2C)C2CC23CCNCC3)cn1.Cl. The fraction of sp³-hybridized carbons (Fsp3) is 0.636. The zero-order chi connectivity index (χ0) is 20.3. The van der Waals surface area contributed by atoms with E-state index in [1.807, 2.05) is 18.6 Å². The van der Waals surface area contributed by atoms with Crippen LogP contribution in [0.4, 0.5) is 5.82 Å². The number of nitrogens with zero attached hydrogens (tertiary/aromatic N) is 5. The molecule has 166 valence electrons. The maximum Gasteiger partial charge on any atom is 0.128 e. The third kappa shape index (κ3) is 5.14. The summed E-state index contributed by atoms with van der Waals surface area (Å²) in [6.45, 7) is 5.65. The van der Waals surface area contributed by atoms with Crippen LogP contribution in [0.3, 0.4) is 0 Å². The molecule has 1 saturated heterocycles. The van der Waals surface area contributed by atoms with Gasteiger partial charge in [-0.25, -0.2) is 9.97 Å². The Kier molecular flexibility index (Phi) is 7.74. The summed E-state index contributed by atoms with van der Waals surface area (Å²) in [6.07, 6.45) is 9.85. The molecule has 2 aromatic rings. The number of aryl methyl sites for hydroxylation is 1. The van der Waals surface area contributed by atoms with Crippen molar-refractivity contribution in [1.29, 1.82) is 0 Å². The van der Waals surface area contributed by atoms with Crippen molar-refractivity contribution in [3.05, 3.63) is 42.1 Å². The van der Waals surface area contributed by atoms with E-state index in [0.717, 1.165) is 44.4 Å². The van der Waals surface area contributed by atoms with E-state index in [2.05, 4.69) is 50.9 Å². The number of methoxy groups -OCH3 is 1. The molecule has 2 aliphatic rings. The topological polar surface area (TPSA) is 58.5 Å². The van der Waals surface area contributed by atoms with E-state index in [4.69, 9.17) is 9.72 Å². The van der Waals surface area contributed by atoms with Crippen molar-refractivity contribution in [1.82, 2.24) is 24.8 Å². The highest BCUT2D eigenvalue weighted by Gasteiger charge is 2.56. The fourth-order valence-electron chi connectivity index (χ4n) is 4.62. The van der Waals surface area contributed by atoms with E-state index in [-0.39, 0.29) is 12.4 Å². The van der Waals surface area contributed by atoms with Gasteiger partial charge in [0, 0.05) is 58.9 Å². The zero-order valence-corrected chi connectivity index (χ0v) is 19.2. The summed E-state index contributed by atoms with van der Waals surface area (Å²) in [5.74, 6) is 2.12. The number of ether oxygens (including phenoxy) is 1. The number of hydrogen-bond acceptors (Lipinski definition) is 6. The molecule has 1 aliphatic heterocycles. The van der Waals surface area contributed by atoms with E-state index in [9.17, 15) is 0 Å². The Hall–Kier alpha value is -1.67. The van der Waals surface area contributed by atoms with Crippen molar-refractivity contribution in [2.45, 2.75) is 38.4 Å². The van der Waals surface area contributed by atoms with Gasteiger partial charge in [0.25, 0.3) is 0 Å². The predicted octanol–water partition coefficient (Wildman–Crippen LogP) is 2.46. The van der Waals surface area contributed by atoms with Gasteiger partial charge in [0.05, 0.1) is 13.2 Å². The lowest BCUT2D eigenvalue weighted by Gasteiger charge is -2.29. The first-order valence-electron chi connectivity index (χ1n) is 10.7.